The average molecular weight is 304 g/mol. The number of rotatable bonds is 7. The van der Waals surface area contributed by atoms with E-state index >= 15 is 0 Å². The molecule has 0 aliphatic heterocycles. The fourth-order valence-corrected chi connectivity index (χ4v) is 2.19. The van der Waals surface area contributed by atoms with Crippen LogP contribution in [0, 0.1) is 0 Å². The average Bonchev–Trinajstić information content (AvgIpc) is 2.51. The number of hydrogen-bond donors (Lipinski definition) is 1. The van der Waals surface area contributed by atoms with Gasteiger partial charge in [-0.25, -0.2) is 0 Å². The van der Waals surface area contributed by atoms with Crippen LogP contribution < -0.4 is 10.1 Å². The molecule has 2 aromatic rings. The van der Waals surface area contributed by atoms with Gasteiger partial charge >= 0.3 is 0 Å². The van der Waals surface area contributed by atoms with Gasteiger partial charge in [-0.2, -0.15) is 0 Å². The van der Waals surface area contributed by atoms with E-state index in [1.807, 2.05) is 36.4 Å². The van der Waals surface area contributed by atoms with E-state index in [-0.39, 0.29) is 0 Å². The molecule has 0 amide bonds. The van der Waals surface area contributed by atoms with E-state index in [4.69, 9.17) is 16.3 Å². The Balaban J connectivity index is 1.91. The minimum atomic E-state index is 0.529. The summed E-state index contributed by atoms with van der Waals surface area (Å²) in [6.07, 6.45) is 1.13. The Morgan fingerprint density at radius 3 is 2.62 bits per heavy atom. The van der Waals surface area contributed by atoms with E-state index < -0.39 is 0 Å². The highest BCUT2D eigenvalue weighted by molar-refractivity contribution is 6.30. The Morgan fingerprint density at radius 1 is 1.10 bits per heavy atom. The largest absolute Gasteiger partial charge is 0.489 e. The zero-order chi connectivity index (χ0) is 15.1. The number of hydrogen-bond acceptors (Lipinski definition) is 2. The van der Waals surface area contributed by atoms with Gasteiger partial charge in [-0.3, -0.25) is 0 Å². The molecule has 1 atom stereocenters. The predicted molar refractivity (Wildman–Crippen MR) is 88.8 cm³/mol. The first kappa shape index (κ1) is 15.9. The Labute approximate surface area is 132 Å². The molecule has 0 aliphatic carbocycles. The number of nitrogens with one attached hydrogen (secondary N) is 1. The van der Waals surface area contributed by atoms with Gasteiger partial charge in [0.25, 0.3) is 0 Å². The molecule has 0 saturated carbocycles. The molecule has 0 spiro atoms. The monoisotopic (exact) mass is 303 g/mol. The first-order valence-electron chi connectivity index (χ1n) is 7.37. The van der Waals surface area contributed by atoms with Crippen LogP contribution in [0.15, 0.2) is 48.5 Å². The van der Waals surface area contributed by atoms with Gasteiger partial charge in [-0.15, -0.1) is 0 Å². The van der Waals surface area contributed by atoms with Gasteiger partial charge in [0.1, 0.15) is 12.4 Å². The zero-order valence-electron chi connectivity index (χ0n) is 12.6. The van der Waals surface area contributed by atoms with Crippen molar-refractivity contribution in [2.45, 2.75) is 39.5 Å². The van der Waals surface area contributed by atoms with E-state index in [9.17, 15) is 0 Å². The first-order chi connectivity index (χ1) is 10.2. The molecule has 0 aliphatic rings. The molecule has 0 radical (unpaired) electrons. The van der Waals surface area contributed by atoms with Crippen molar-refractivity contribution in [3.8, 4) is 5.75 Å². The van der Waals surface area contributed by atoms with Gasteiger partial charge in [0.15, 0.2) is 0 Å². The van der Waals surface area contributed by atoms with Gasteiger partial charge in [-0.05, 0) is 48.7 Å². The molecule has 1 N–H and O–H groups in total. The SMILES string of the molecule is CC[C@H](C)NCc1cccc(OCc2cccc(Cl)c2)c1. The fraction of sp³-hybridized carbons (Fsp3) is 0.333. The lowest BCUT2D eigenvalue weighted by Gasteiger charge is -2.12. The van der Waals surface area contributed by atoms with E-state index in [2.05, 4.69) is 31.3 Å². The Hall–Kier alpha value is -1.51. The molecule has 0 fully saturated rings. The van der Waals surface area contributed by atoms with Crippen molar-refractivity contribution in [1.29, 1.82) is 0 Å². The summed E-state index contributed by atoms with van der Waals surface area (Å²) < 4.78 is 5.83. The standard InChI is InChI=1S/C18H22ClNO/c1-3-14(2)20-12-15-6-5-9-18(11-15)21-13-16-7-4-8-17(19)10-16/h4-11,14,20H,3,12-13H2,1-2H3/t14-/m0/s1. The van der Waals surface area contributed by atoms with Crippen LogP contribution in [0.5, 0.6) is 5.75 Å². The maximum atomic E-state index is 5.97. The van der Waals surface area contributed by atoms with E-state index in [0.29, 0.717) is 12.6 Å². The first-order valence-corrected chi connectivity index (χ1v) is 7.74. The lowest BCUT2D eigenvalue weighted by molar-refractivity contribution is 0.306. The number of ether oxygens (including phenoxy) is 1. The third kappa shape index (κ3) is 5.41. The highest BCUT2D eigenvalue weighted by Gasteiger charge is 2.01. The van der Waals surface area contributed by atoms with Crippen LogP contribution in [0.1, 0.15) is 31.4 Å². The normalized spacial score (nSPS) is 12.1. The maximum Gasteiger partial charge on any atom is 0.120 e. The lowest BCUT2D eigenvalue weighted by Crippen LogP contribution is -2.24. The predicted octanol–water partition coefficient (Wildman–Crippen LogP) is 4.81. The molecule has 2 aromatic carbocycles. The van der Waals surface area contributed by atoms with Crippen LogP contribution in [0.3, 0.4) is 0 Å². The topological polar surface area (TPSA) is 21.3 Å². The van der Waals surface area contributed by atoms with Gasteiger partial charge in [0.2, 0.25) is 0 Å². The van der Waals surface area contributed by atoms with Crippen LogP contribution in [0.2, 0.25) is 5.02 Å². The molecular formula is C18H22ClNO. The van der Waals surface area contributed by atoms with Gasteiger partial charge < -0.3 is 10.1 Å². The summed E-state index contributed by atoms with van der Waals surface area (Å²) in [6.45, 7) is 5.77. The van der Waals surface area contributed by atoms with Crippen molar-refractivity contribution >= 4 is 11.6 Å². The van der Waals surface area contributed by atoms with Crippen LogP contribution in [-0.2, 0) is 13.2 Å². The van der Waals surface area contributed by atoms with Crippen LogP contribution in [0.25, 0.3) is 0 Å². The zero-order valence-corrected chi connectivity index (χ0v) is 13.4. The Bertz CT molecular complexity index is 571. The van der Waals surface area contributed by atoms with Gasteiger partial charge in [0.05, 0.1) is 0 Å². The summed E-state index contributed by atoms with van der Waals surface area (Å²) in [7, 11) is 0. The Morgan fingerprint density at radius 2 is 1.86 bits per heavy atom. The molecule has 112 valence electrons. The summed E-state index contributed by atoms with van der Waals surface area (Å²) in [5.41, 5.74) is 2.31. The summed E-state index contributed by atoms with van der Waals surface area (Å²) in [5, 5.41) is 4.22. The van der Waals surface area contributed by atoms with Gasteiger partial charge in [-0.1, -0.05) is 42.8 Å². The highest BCUT2D eigenvalue weighted by Crippen LogP contribution is 2.17. The molecule has 21 heavy (non-hydrogen) atoms. The summed E-state index contributed by atoms with van der Waals surface area (Å²) in [5.74, 6) is 0.887. The number of benzene rings is 2. The molecule has 2 nitrogen and oxygen atoms in total. The minimum Gasteiger partial charge on any atom is -0.489 e. The van der Waals surface area contributed by atoms with E-state index in [1.165, 1.54) is 5.56 Å². The van der Waals surface area contributed by atoms with Crippen LogP contribution in [-0.4, -0.2) is 6.04 Å². The minimum absolute atomic E-state index is 0.529. The van der Waals surface area contributed by atoms with Crippen molar-refractivity contribution < 1.29 is 4.74 Å². The molecule has 0 unspecified atom stereocenters. The van der Waals surface area contributed by atoms with Crippen molar-refractivity contribution in [2.75, 3.05) is 0 Å². The molecule has 0 bridgehead atoms. The van der Waals surface area contributed by atoms with E-state index in [1.54, 1.807) is 0 Å². The third-order valence-corrected chi connectivity index (χ3v) is 3.70. The number of halogens is 1. The summed E-state index contributed by atoms with van der Waals surface area (Å²) >= 11 is 5.97. The molecule has 2 rings (SSSR count). The molecule has 0 heterocycles. The lowest BCUT2D eigenvalue weighted by atomic mass is 10.2. The second kappa shape index (κ2) is 8.06. The van der Waals surface area contributed by atoms with Gasteiger partial charge in [0, 0.05) is 17.6 Å². The summed E-state index contributed by atoms with van der Waals surface area (Å²) in [4.78, 5) is 0. The van der Waals surface area contributed by atoms with Crippen molar-refractivity contribution in [3.05, 3.63) is 64.7 Å². The molecule has 0 aromatic heterocycles. The van der Waals surface area contributed by atoms with Crippen molar-refractivity contribution in [3.63, 3.8) is 0 Å². The van der Waals surface area contributed by atoms with Crippen molar-refractivity contribution in [2.24, 2.45) is 0 Å². The second-order valence-corrected chi connectivity index (χ2v) is 5.69. The van der Waals surface area contributed by atoms with Crippen LogP contribution >= 0.6 is 11.6 Å². The van der Waals surface area contributed by atoms with Crippen molar-refractivity contribution in [1.82, 2.24) is 5.32 Å². The maximum absolute atomic E-state index is 5.97. The summed E-state index contributed by atoms with van der Waals surface area (Å²) in [6, 6.07) is 16.5. The van der Waals surface area contributed by atoms with E-state index in [0.717, 1.165) is 29.3 Å². The second-order valence-electron chi connectivity index (χ2n) is 5.26. The smallest absolute Gasteiger partial charge is 0.120 e. The Kier molecular flexibility index (Phi) is 6.09. The highest BCUT2D eigenvalue weighted by atomic mass is 35.5. The quantitative estimate of drug-likeness (QED) is 0.793. The third-order valence-electron chi connectivity index (χ3n) is 3.46. The molecular weight excluding hydrogens is 282 g/mol. The van der Waals surface area contributed by atoms with Crippen LogP contribution in [0.4, 0.5) is 0 Å². The molecule has 0 saturated heterocycles. The molecule has 3 heteroatoms. The fourth-order valence-electron chi connectivity index (χ4n) is 1.98.